The van der Waals surface area contributed by atoms with E-state index in [9.17, 15) is 40.5 Å². The van der Waals surface area contributed by atoms with E-state index in [4.69, 9.17) is 4.74 Å². The van der Waals surface area contributed by atoms with Crippen molar-refractivity contribution in [1.82, 2.24) is 0 Å². The fourth-order valence-electron chi connectivity index (χ4n) is 4.58. The predicted molar refractivity (Wildman–Crippen MR) is 135 cm³/mol. The zero-order valence-electron chi connectivity index (χ0n) is 19.9. The highest BCUT2D eigenvalue weighted by atomic mass is 16.5. The van der Waals surface area contributed by atoms with Crippen molar-refractivity contribution in [3.63, 3.8) is 0 Å². The standard InChI is InChI=1S/C29H24O9/c30-17-6-1-14(2-7-17)11-19-24(34)20(12-15-3-8-18(31)9-4-15)29-23(25(19)35)26(36)27(37)28(38-29)16-5-10-21(32)22(33)13-16/h1-10,13,27-28,30-35,37H,11-12H2/t27-,28+/m1/s1. The number of benzene rings is 4. The van der Waals surface area contributed by atoms with E-state index in [1.54, 1.807) is 24.3 Å². The number of carbonyl (C=O) groups is 1. The molecular formula is C29H24O9. The lowest BCUT2D eigenvalue weighted by atomic mass is 9.86. The van der Waals surface area contributed by atoms with Crippen LogP contribution in [0.2, 0.25) is 0 Å². The summed E-state index contributed by atoms with van der Waals surface area (Å²) < 4.78 is 6.04. The van der Waals surface area contributed by atoms with Crippen molar-refractivity contribution >= 4 is 5.78 Å². The first-order chi connectivity index (χ1) is 18.1. The highest BCUT2D eigenvalue weighted by Gasteiger charge is 2.42. The second-order valence-corrected chi connectivity index (χ2v) is 9.14. The Kier molecular flexibility index (Phi) is 6.22. The van der Waals surface area contributed by atoms with Gasteiger partial charge in [-0.25, -0.2) is 0 Å². The minimum absolute atomic E-state index is 0.00639. The third kappa shape index (κ3) is 4.39. The molecule has 9 nitrogen and oxygen atoms in total. The van der Waals surface area contributed by atoms with E-state index in [0.29, 0.717) is 11.1 Å². The number of hydrogen-bond donors (Lipinski definition) is 7. The van der Waals surface area contributed by atoms with Gasteiger partial charge in [0.15, 0.2) is 23.7 Å². The van der Waals surface area contributed by atoms with Crippen LogP contribution in [0.5, 0.6) is 40.2 Å². The van der Waals surface area contributed by atoms with Crippen LogP contribution in [0.1, 0.15) is 44.3 Å². The Morgan fingerprint density at radius 1 is 0.658 bits per heavy atom. The number of aliphatic hydroxyl groups excluding tert-OH is 1. The molecule has 1 heterocycles. The number of phenols is 6. The number of Topliss-reactive ketones (excluding diaryl/α,β-unsaturated/α-hetero) is 1. The zero-order valence-corrected chi connectivity index (χ0v) is 19.9. The summed E-state index contributed by atoms with van der Waals surface area (Å²) in [4.78, 5) is 13.4. The van der Waals surface area contributed by atoms with Crippen molar-refractivity contribution in [3.05, 3.63) is 100 Å². The van der Waals surface area contributed by atoms with Gasteiger partial charge in [0.2, 0.25) is 5.78 Å². The van der Waals surface area contributed by atoms with Crippen molar-refractivity contribution < 1.29 is 45.3 Å². The highest BCUT2D eigenvalue weighted by molar-refractivity contribution is 6.06. The van der Waals surface area contributed by atoms with E-state index in [1.807, 2.05) is 0 Å². The zero-order chi connectivity index (χ0) is 27.1. The Balaban J connectivity index is 1.67. The average Bonchev–Trinajstić information content (AvgIpc) is 2.90. The number of aliphatic hydroxyl groups is 1. The third-order valence-electron chi connectivity index (χ3n) is 6.60. The van der Waals surface area contributed by atoms with Gasteiger partial charge in [-0.3, -0.25) is 4.79 Å². The molecule has 1 aliphatic rings. The van der Waals surface area contributed by atoms with Gasteiger partial charge in [-0.1, -0.05) is 30.3 Å². The van der Waals surface area contributed by atoms with Crippen LogP contribution in [0.25, 0.3) is 0 Å². The molecule has 0 saturated heterocycles. The van der Waals surface area contributed by atoms with Crippen LogP contribution in [0, 0.1) is 0 Å². The normalized spacial score (nSPS) is 16.6. The first kappa shape index (κ1) is 24.8. The number of ether oxygens (including phenoxy) is 1. The molecule has 0 aliphatic carbocycles. The van der Waals surface area contributed by atoms with E-state index in [0.717, 1.165) is 6.07 Å². The Labute approximate surface area is 216 Å². The fourth-order valence-corrected chi connectivity index (χ4v) is 4.58. The molecule has 1 aliphatic heterocycles. The van der Waals surface area contributed by atoms with Crippen LogP contribution < -0.4 is 4.74 Å². The summed E-state index contributed by atoms with van der Waals surface area (Å²) in [6, 6.07) is 16.0. The lowest BCUT2D eigenvalue weighted by molar-refractivity contribution is 0.0205. The fraction of sp³-hybridized carbons (Fsp3) is 0.138. The van der Waals surface area contributed by atoms with E-state index < -0.39 is 35.2 Å². The summed E-state index contributed by atoms with van der Waals surface area (Å²) in [6.45, 7) is 0. The molecule has 4 aromatic carbocycles. The average molecular weight is 517 g/mol. The minimum Gasteiger partial charge on any atom is -0.508 e. The first-order valence-electron chi connectivity index (χ1n) is 11.7. The number of aromatic hydroxyl groups is 6. The molecule has 0 fully saturated rings. The summed E-state index contributed by atoms with van der Waals surface area (Å²) >= 11 is 0. The monoisotopic (exact) mass is 516 g/mol. The van der Waals surface area contributed by atoms with Crippen LogP contribution in [0.4, 0.5) is 0 Å². The van der Waals surface area contributed by atoms with Gasteiger partial charge < -0.3 is 40.5 Å². The molecular weight excluding hydrogens is 492 g/mol. The minimum atomic E-state index is -1.76. The van der Waals surface area contributed by atoms with Gasteiger partial charge in [-0.15, -0.1) is 0 Å². The van der Waals surface area contributed by atoms with Gasteiger partial charge in [0.1, 0.15) is 34.3 Å². The highest BCUT2D eigenvalue weighted by Crippen LogP contribution is 2.49. The molecule has 5 rings (SSSR count). The molecule has 0 radical (unpaired) electrons. The van der Waals surface area contributed by atoms with Gasteiger partial charge in [0.05, 0.1) is 0 Å². The lowest BCUT2D eigenvalue weighted by Crippen LogP contribution is -2.37. The number of hydrogen-bond acceptors (Lipinski definition) is 9. The second kappa shape index (κ2) is 9.53. The molecule has 0 aromatic heterocycles. The van der Waals surface area contributed by atoms with Crippen molar-refractivity contribution in [2.24, 2.45) is 0 Å². The number of ketones is 1. The summed E-state index contributed by atoms with van der Waals surface area (Å²) in [5.74, 6) is -2.63. The van der Waals surface area contributed by atoms with Gasteiger partial charge in [-0.05, 0) is 53.1 Å². The maximum atomic E-state index is 13.4. The van der Waals surface area contributed by atoms with Gasteiger partial charge in [-0.2, -0.15) is 0 Å². The topological polar surface area (TPSA) is 168 Å². The summed E-state index contributed by atoms with van der Waals surface area (Å²) in [5.41, 5.74) is 1.39. The van der Waals surface area contributed by atoms with Crippen LogP contribution >= 0.6 is 0 Å². The Morgan fingerprint density at radius 2 is 1.21 bits per heavy atom. The van der Waals surface area contributed by atoms with Crippen molar-refractivity contribution in [3.8, 4) is 40.2 Å². The van der Waals surface area contributed by atoms with Crippen molar-refractivity contribution in [1.29, 1.82) is 0 Å². The van der Waals surface area contributed by atoms with Crippen molar-refractivity contribution in [2.75, 3.05) is 0 Å². The molecule has 4 aromatic rings. The Morgan fingerprint density at radius 3 is 1.76 bits per heavy atom. The SMILES string of the molecule is O=C1c2c(O)c(Cc3ccc(O)cc3)c(O)c(Cc3ccc(O)cc3)c2O[C@@H](c2ccc(O)c(O)c2)[C@@H]1O. The predicted octanol–water partition coefficient (Wildman–Crippen LogP) is 3.78. The Hall–Kier alpha value is -4.89. The van der Waals surface area contributed by atoms with E-state index in [2.05, 4.69) is 0 Å². The molecule has 0 spiro atoms. The van der Waals surface area contributed by atoms with Crippen LogP contribution in [-0.2, 0) is 12.8 Å². The number of carbonyl (C=O) groups excluding carboxylic acids is 1. The smallest absolute Gasteiger partial charge is 0.202 e. The second-order valence-electron chi connectivity index (χ2n) is 9.14. The van der Waals surface area contributed by atoms with Gasteiger partial charge in [0, 0.05) is 24.0 Å². The molecule has 38 heavy (non-hydrogen) atoms. The molecule has 0 unspecified atom stereocenters. The summed E-state index contributed by atoms with van der Waals surface area (Å²) in [7, 11) is 0. The molecule has 2 atom stereocenters. The third-order valence-corrected chi connectivity index (χ3v) is 6.60. The lowest BCUT2D eigenvalue weighted by Gasteiger charge is -2.33. The number of phenolic OH excluding ortho intramolecular Hbond substituents is 6. The quantitative estimate of drug-likeness (QED) is 0.195. The molecule has 0 bridgehead atoms. The molecule has 194 valence electrons. The molecule has 0 amide bonds. The maximum absolute atomic E-state index is 13.4. The molecule has 0 saturated carbocycles. The van der Waals surface area contributed by atoms with Gasteiger partial charge >= 0.3 is 0 Å². The molecule has 9 heteroatoms. The van der Waals surface area contributed by atoms with Crippen molar-refractivity contribution in [2.45, 2.75) is 25.0 Å². The Bertz CT molecular complexity index is 1530. The van der Waals surface area contributed by atoms with Crippen LogP contribution in [-0.4, -0.2) is 47.6 Å². The first-order valence-corrected chi connectivity index (χ1v) is 11.7. The summed E-state index contributed by atoms with van der Waals surface area (Å²) in [6.07, 6.45) is -3.01. The number of fused-ring (bicyclic) bond motifs is 1. The van der Waals surface area contributed by atoms with E-state index >= 15 is 0 Å². The van der Waals surface area contributed by atoms with Crippen LogP contribution in [0.15, 0.2) is 66.7 Å². The van der Waals surface area contributed by atoms with Crippen LogP contribution in [0.3, 0.4) is 0 Å². The van der Waals surface area contributed by atoms with Gasteiger partial charge in [0.25, 0.3) is 0 Å². The summed E-state index contributed by atoms with van der Waals surface area (Å²) in [5, 5.41) is 72.3. The maximum Gasteiger partial charge on any atom is 0.202 e. The van der Waals surface area contributed by atoms with E-state index in [-0.39, 0.29) is 58.1 Å². The largest absolute Gasteiger partial charge is 0.508 e. The van der Waals surface area contributed by atoms with E-state index in [1.165, 1.54) is 36.4 Å². The number of rotatable bonds is 5. The molecule has 7 N–H and O–H groups in total.